The molecule has 1 aromatic rings. The zero-order chi connectivity index (χ0) is 13.8. The van der Waals surface area contributed by atoms with Crippen molar-refractivity contribution in [3.63, 3.8) is 0 Å². The van der Waals surface area contributed by atoms with Gasteiger partial charge in [-0.15, -0.1) is 11.6 Å². The van der Waals surface area contributed by atoms with Crippen molar-refractivity contribution in [3.8, 4) is 5.75 Å². The van der Waals surface area contributed by atoms with E-state index in [2.05, 4.69) is 20.8 Å². The van der Waals surface area contributed by atoms with Crippen LogP contribution in [0.5, 0.6) is 5.75 Å². The van der Waals surface area contributed by atoms with Gasteiger partial charge in [0.25, 0.3) is 0 Å². The quantitative estimate of drug-likeness (QED) is 0.806. The van der Waals surface area contributed by atoms with Crippen molar-refractivity contribution >= 4 is 17.6 Å². The lowest BCUT2D eigenvalue weighted by Crippen LogP contribution is -2.21. The summed E-state index contributed by atoms with van der Waals surface area (Å²) >= 11 is 5.57. The molecule has 3 nitrogen and oxygen atoms in total. The molecular formula is C14H19ClO3. The van der Waals surface area contributed by atoms with Gasteiger partial charge in [0.2, 0.25) is 0 Å². The largest absolute Gasteiger partial charge is 0.491 e. The number of carbonyl (C=O) groups is 1. The molecule has 1 aromatic carbocycles. The van der Waals surface area contributed by atoms with Crippen molar-refractivity contribution in [1.82, 2.24) is 0 Å². The lowest BCUT2D eigenvalue weighted by molar-refractivity contribution is -0.137. The van der Waals surface area contributed by atoms with Gasteiger partial charge in [0.05, 0.1) is 0 Å². The van der Waals surface area contributed by atoms with Gasteiger partial charge in [0, 0.05) is 0 Å². The second kappa shape index (κ2) is 6.10. The van der Waals surface area contributed by atoms with Gasteiger partial charge in [0.1, 0.15) is 12.4 Å². The van der Waals surface area contributed by atoms with E-state index in [9.17, 15) is 4.79 Å². The zero-order valence-corrected chi connectivity index (χ0v) is 11.7. The van der Waals surface area contributed by atoms with Crippen LogP contribution in [0.1, 0.15) is 32.8 Å². The summed E-state index contributed by atoms with van der Waals surface area (Å²) in [6.07, 6.45) is 1.05. The minimum atomic E-state index is -1.07. The molecule has 0 amide bonds. The number of aliphatic carboxylic acids is 1. The lowest BCUT2D eigenvalue weighted by Gasteiger charge is -2.23. The number of benzene rings is 1. The van der Waals surface area contributed by atoms with E-state index in [0.29, 0.717) is 5.75 Å². The number of halogens is 1. The molecule has 4 heteroatoms. The van der Waals surface area contributed by atoms with Gasteiger partial charge in [0.15, 0.2) is 5.38 Å². The van der Waals surface area contributed by atoms with Gasteiger partial charge in [-0.25, -0.2) is 0 Å². The van der Waals surface area contributed by atoms with Crippen LogP contribution in [0.25, 0.3) is 0 Å². The van der Waals surface area contributed by atoms with Crippen LogP contribution in [-0.4, -0.2) is 23.1 Å². The van der Waals surface area contributed by atoms with Gasteiger partial charge in [-0.05, 0) is 29.5 Å². The predicted octanol–water partition coefficient (Wildman–Crippen LogP) is 3.45. The molecule has 0 bridgehead atoms. The van der Waals surface area contributed by atoms with E-state index < -0.39 is 11.3 Å². The SMILES string of the molecule is CCC(C)(C)c1ccc(OCC(Cl)C(=O)O)cc1. The Balaban J connectivity index is 2.64. The highest BCUT2D eigenvalue weighted by molar-refractivity contribution is 6.29. The molecular weight excluding hydrogens is 252 g/mol. The third-order valence-electron chi connectivity index (χ3n) is 3.18. The van der Waals surface area contributed by atoms with Crippen LogP contribution >= 0.6 is 11.6 Å². The van der Waals surface area contributed by atoms with Crippen molar-refractivity contribution in [1.29, 1.82) is 0 Å². The van der Waals surface area contributed by atoms with Crippen molar-refractivity contribution in [3.05, 3.63) is 29.8 Å². The van der Waals surface area contributed by atoms with E-state index >= 15 is 0 Å². The van der Waals surface area contributed by atoms with Crippen LogP contribution in [0.4, 0.5) is 0 Å². The maximum Gasteiger partial charge on any atom is 0.325 e. The molecule has 1 N–H and O–H groups in total. The molecule has 18 heavy (non-hydrogen) atoms. The fourth-order valence-electron chi connectivity index (χ4n) is 1.45. The summed E-state index contributed by atoms with van der Waals surface area (Å²) in [6.45, 7) is 6.48. The lowest BCUT2D eigenvalue weighted by atomic mass is 9.82. The standard InChI is InChI=1S/C14H19ClO3/c1-4-14(2,3)10-5-7-11(8-6-10)18-9-12(15)13(16)17/h5-8,12H,4,9H2,1-3H3,(H,16,17). The van der Waals surface area contributed by atoms with Gasteiger partial charge in [-0.2, -0.15) is 0 Å². The Labute approximate surface area is 113 Å². The first-order valence-corrected chi connectivity index (χ1v) is 6.40. The molecule has 0 fully saturated rings. The molecule has 1 atom stereocenters. The minimum Gasteiger partial charge on any atom is -0.491 e. The maximum absolute atomic E-state index is 10.5. The van der Waals surface area contributed by atoms with E-state index in [1.54, 1.807) is 0 Å². The first kappa shape index (κ1) is 14.8. The molecule has 0 aliphatic heterocycles. The molecule has 0 aliphatic carbocycles. The highest BCUT2D eigenvalue weighted by Gasteiger charge is 2.18. The van der Waals surface area contributed by atoms with Crippen LogP contribution in [0.2, 0.25) is 0 Å². The number of alkyl halides is 1. The fourth-order valence-corrected chi connectivity index (χ4v) is 1.51. The average molecular weight is 271 g/mol. The third-order valence-corrected chi connectivity index (χ3v) is 3.50. The summed E-state index contributed by atoms with van der Waals surface area (Å²) in [6, 6.07) is 7.70. The second-order valence-corrected chi connectivity index (χ2v) is 5.41. The summed E-state index contributed by atoms with van der Waals surface area (Å²) in [4.78, 5) is 10.5. The molecule has 1 rings (SSSR count). The molecule has 0 heterocycles. The Bertz CT molecular complexity index is 398. The van der Waals surface area contributed by atoms with E-state index in [1.807, 2.05) is 24.3 Å². The molecule has 1 unspecified atom stereocenters. The fraction of sp³-hybridized carbons (Fsp3) is 0.500. The predicted molar refractivity (Wildman–Crippen MR) is 72.5 cm³/mol. The number of carboxylic acids is 1. The van der Waals surface area contributed by atoms with Gasteiger partial charge >= 0.3 is 5.97 Å². The Kier molecular flexibility index (Phi) is 5.03. The Hall–Kier alpha value is -1.22. The van der Waals surface area contributed by atoms with Crippen LogP contribution in [-0.2, 0) is 10.2 Å². The summed E-state index contributed by atoms with van der Waals surface area (Å²) < 4.78 is 5.32. The van der Waals surface area contributed by atoms with Gasteiger partial charge in [-0.3, -0.25) is 4.79 Å². The van der Waals surface area contributed by atoms with Gasteiger partial charge < -0.3 is 9.84 Å². The summed E-state index contributed by atoms with van der Waals surface area (Å²) in [5.74, 6) is -0.432. The Morgan fingerprint density at radius 2 is 1.94 bits per heavy atom. The van der Waals surface area contributed by atoms with Crippen molar-refractivity contribution in [2.24, 2.45) is 0 Å². The van der Waals surface area contributed by atoms with Crippen LogP contribution < -0.4 is 4.74 Å². The van der Waals surface area contributed by atoms with Crippen molar-refractivity contribution < 1.29 is 14.6 Å². The summed E-state index contributed by atoms with van der Waals surface area (Å²) in [5, 5.41) is 7.61. The highest BCUT2D eigenvalue weighted by Crippen LogP contribution is 2.28. The van der Waals surface area contributed by atoms with E-state index in [4.69, 9.17) is 21.4 Å². The molecule has 0 aliphatic rings. The van der Waals surface area contributed by atoms with Gasteiger partial charge in [-0.1, -0.05) is 32.9 Å². The molecule has 100 valence electrons. The zero-order valence-electron chi connectivity index (χ0n) is 10.9. The maximum atomic E-state index is 10.5. The molecule has 0 saturated heterocycles. The number of rotatable bonds is 6. The van der Waals surface area contributed by atoms with Crippen molar-refractivity contribution in [2.75, 3.05) is 6.61 Å². The molecule has 0 spiro atoms. The summed E-state index contributed by atoms with van der Waals surface area (Å²) in [5.41, 5.74) is 1.37. The number of hydrogen-bond acceptors (Lipinski definition) is 2. The van der Waals surface area contributed by atoms with E-state index in [-0.39, 0.29) is 12.0 Å². The Morgan fingerprint density at radius 3 is 2.39 bits per heavy atom. The number of carboxylic acid groups (broad SMARTS) is 1. The third kappa shape index (κ3) is 3.91. The van der Waals surface area contributed by atoms with Crippen LogP contribution in [0.15, 0.2) is 24.3 Å². The second-order valence-electron chi connectivity index (χ2n) is 4.88. The highest BCUT2D eigenvalue weighted by atomic mass is 35.5. The molecule has 0 radical (unpaired) electrons. The average Bonchev–Trinajstić information content (AvgIpc) is 2.36. The van der Waals surface area contributed by atoms with Crippen molar-refractivity contribution in [2.45, 2.75) is 38.0 Å². The summed E-state index contributed by atoms with van der Waals surface area (Å²) in [7, 11) is 0. The van der Waals surface area contributed by atoms with E-state index in [1.165, 1.54) is 5.56 Å². The van der Waals surface area contributed by atoms with Crippen LogP contribution in [0, 0.1) is 0 Å². The number of ether oxygens (including phenoxy) is 1. The first-order valence-electron chi connectivity index (χ1n) is 5.97. The van der Waals surface area contributed by atoms with Crippen LogP contribution in [0.3, 0.4) is 0 Å². The Morgan fingerprint density at radius 1 is 1.39 bits per heavy atom. The molecule has 0 saturated carbocycles. The topological polar surface area (TPSA) is 46.5 Å². The van der Waals surface area contributed by atoms with E-state index in [0.717, 1.165) is 6.42 Å². The minimum absolute atomic E-state index is 0.0343. The number of hydrogen-bond donors (Lipinski definition) is 1. The molecule has 0 aromatic heterocycles. The monoisotopic (exact) mass is 270 g/mol. The first-order chi connectivity index (χ1) is 8.36. The normalized spacial score (nSPS) is 13.1. The smallest absolute Gasteiger partial charge is 0.325 e.